The lowest BCUT2D eigenvalue weighted by Crippen LogP contribution is -2.51. The fraction of sp³-hybridized carbons (Fsp3) is 0.857. The maximum atomic E-state index is 11.3. The van der Waals surface area contributed by atoms with Crippen LogP contribution in [0.1, 0.15) is 0 Å². The summed E-state index contributed by atoms with van der Waals surface area (Å²) in [6.45, 7) is -1.72. The van der Waals surface area contributed by atoms with Gasteiger partial charge in [0, 0.05) is 0 Å². The van der Waals surface area contributed by atoms with Crippen LogP contribution in [0.2, 0.25) is 0 Å². The van der Waals surface area contributed by atoms with E-state index in [1.807, 2.05) is 0 Å². The molecule has 0 radical (unpaired) electrons. The molecule has 16 heavy (non-hydrogen) atoms. The SMILES string of the molecule is CS(=O)(=O)N[C@H](CO)C(=O)[C@H](O)[C@H](O)CO. The molecule has 0 amide bonds. The predicted molar refractivity (Wildman–Crippen MR) is 53.0 cm³/mol. The van der Waals surface area contributed by atoms with E-state index in [0.717, 1.165) is 6.26 Å². The topological polar surface area (TPSA) is 144 Å². The normalized spacial score (nSPS) is 17.8. The molecule has 0 unspecified atom stereocenters. The molecule has 0 aromatic rings. The molecule has 0 aliphatic heterocycles. The number of aliphatic hydroxyl groups excluding tert-OH is 4. The van der Waals surface area contributed by atoms with Crippen molar-refractivity contribution in [1.29, 1.82) is 0 Å². The number of sulfonamides is 1. The number of nitrogens with one attached hydrogen (secondary N) is 1. The second-order valence-electron chi connectivity index (χ2n) is 3.22. The molecule has 0 saturated heterocycles. The molecule has 96 valence electrons. The predicted octanol–water partition coefficient (Wildman–Crippen LogP) is -3.82. The first kappa shape index (κ1) is 15.4. The van der Waals surface area contributed by atoms with Gasteiger partial charge >= 0.3 is 0 Å². The summed E-state index contributed by atoms with van der Waals surface area (Å²) in [6.07, 6.45) is -2.91. The lowest BCUT2D eigenvalue weighted by atomic mass is 10.0. The van der Waals surface area contributed by atoms with Crippen LogP contribution < -0.4 is 4.72 Å². The molecule has 8 nitrogen and oxygen atoms in total. The Hall–Kier alpha value is -0.580. The Labute approximate surface area is 92.6 Å². The summed E-state index contributed by atoms with van der Waals surface area (Å²) >= 11 is 0. The number of aliphatic hydroxyl groups is 4. The van der Waals surface area contributed by atoms with Gasteiger partial charge < -0.3 is 20.4 Å². The van der Waals surface area contributed by atoms with Crippen molar-refractivity contribution in [3.05, 3.63) is 0 Å². The second-order valence-corrected chi connectivity index (χ2v) is 5.00. The third-order valence-corrected chi connectivity index (χ3v) is 2.44. The third kappa shape index (κ3) is 4.96. The Morgan fingerprint density at radius 2 is 1.75 bits per heavy atom. The number of Topliss-reactive ketones (excluding diaryl/α,β-unsaturated/α-hetero) is 1. The van der Waals surface area contributed by atoms with Crippen LogP contribution in [0.25, 0.3) is 0 Å². The molecular weight excluding hydrogens is 242 g/mol. The van der Waals surface area contributed by atoms with Gasteiger partial charge in [-0.15, -0.1) is 0 Å². The highest BCUT2D eigenvalue weighted by Crippen LogP contribution is 2.00. The van der Waals surface area contributed by atoms with Gasteiger partial charge in [-0.25, -0.2) is 13.1 Å². The average Bonchev–Trinajstić information content (AvgIpc) is 2.21. The minimum absolute atomic E-state index is 0.776. The van der Waals surface area contributed by atoms with Crippen LogP contribution in [-0.4, -0.2) is 72.3 Å². The van der Waals surface area contributed by atoms with Gasteiger partial charge in [-0.05, 0) is 0 Å². The lowest BCUT2D eigenvalue weighted by Gasteiger charge is -2.20. The van der Waals surface area contributed by atoms with E-state index < -0.39 is 47.3 Å². The maximum absolute atomic E-state index is 11.3. The Bertz CT molecular complexity index is 328. The van der Waals surface area contributed by atoms with Crippen LogP contribution in [0.4, 0.5) is 0 Å². The van der Waals surface area contributed by atoms with E-state index in [4.69, 9.17) is 15.3 Å². The van der Waals surface area contributed by atoms with Gasteiger partial charge in [0.05, 0.1) is 19.5 Å². The van der Waals surface area contributed by atoms with Crippen LogP contribution in [-0.2, 0) is 14.8 Å². The van der Waals surface area contributed by atoms with E-state index in [9.17, 15) is 18.3 Å². The molecule has 9 heteroatoms. The van der Waals surface area contributed by atoms with Crippen molar-refractivity contribution in [2.75, 3.05) is 19.5 Å². The van der Waals surface area contributed by atoms with E-state index in [1.165, 1.54) is 0 Å². The van der Waals surface area contributed by atoms with Crippen molar-refractivity contribution < 1.29 is 33.6 Å². The van der Waals surface area contributed by atoms with Crippen LogP contribution in [0, 0.1) is 0 Å². The lowest BCUT2D eigenvalue weighted by molar-refractivity contribution is -0.137. The van der Waals surface area contributed by atoms with Gasteiger partial charge in [0.15, 0.2) is 5.78 Å². The molecule has 0 aliphatic rings. The summed E-state index contributed by atoms with van der Waals surface area (Å²) in [5, 5.41) is 35.4. The molecule has 0 aromatic heterocycles. The highest BCUT2D eigenvalue weighted by molar-refractivity contribution is 7.88. The Kier molecular flexibility index (Phi) is 6.00. The molecular formula is C7H15NO7S. The minimum Gasteiger partial charge on any atom is -0.394 e. The quantitative estimate of drug-likeness (QED) is 0.314. The van der Waals surface area contributed by atoms with Crippen molar-refractivity contribution >= 4 is 15.8 Å². The molecule has 0 heterocycles. The number of hydrogen-bond donors (Lipinski definition) is 5. The molecule has 5 N–H and O–H groups in total. The first-order valence-corrected chi connectivity index (χ1v) is 6.21. The zero-order chi connectivity index (χ0) is 12.9. The summed E-state index contributed by atoms with van der Waals surface area (Å²) in [6, 6.07) is -1.55. The van der Waals surface area contributed by atoms with E-state index >= 15 is 0 Å². The second kappa shape index (κ2) is 6.23. The Balaban J connectivity index is 4.66. The van der Waals surface area contributed by atoms with E-state index in [0.29, 0.717) is 0 Å². The van der Waals surface area contributed by atoms with Crippen molar-refractivity contribution in [3.63, 3.8) is 0 Å². The number of rotatable bonds is 7. The number of ketones is 1. The molecule has 3 atom stereocenters. The van der Waals surface area contributed by atoms with Gasteiger partial charge in [-0.2, -0.15) is 0 Å². The van der Waals surface area contributed by atoms with Gasteiger partial charge in [0.25, 0.3) is 0 Å². The summed E-state index contributed by atoms with van der Waals surface area (Å²) in [5.74, 6) is -1.12. The standard InChI is InChI=1S/C7H15NO7S/c1-16(14,15)8-4(2-9)6(12)7(13)5(11)3-10/h4-5,7-11,13H,2-3H2,1H3/t4-,5-,7-/m1/s1. The van der Waals surface area contributed by atoms with Gasteiger partial charge in [0.1, 0.15) is 18.2 Å². The van der Waals surface area contributed by atoms with Gasteiger partial charge in [0.2, 0.25) is 10.0 Å². The molecule has 0 aromatic carbocycles. The molecule has 0 spiro atoms. The first-order valence-electron chi connectivity index (χ1n) is 4.31. The van der Waals surface area contributed by atoms with Crippen LogP contribution in [0.15, 0.2) is 0 Å². The van der Waals surface area contributed by atoms with E-state index in [1.54, 1.807) is 4.72 Å². The van der Waals surface area contributed by atoms with Crippen molar-refractivity contribution in [1.82, 2.24) is 4.72 Å². The summed E-state index contributed by atoms with van der Waals surface area (Å²) < 4.78 is 23.4. The molecule has 0 rings (SSSR count). The molecule has 0 aliphatic carbocycles. The van der Waals surface area contributed by atoms with Gasteiger partial charge in [-0.1, -0.05) is 0 Å². The number of carbonyl (C=O) groups excluding carboxylic acids is 1. The smallest absolute Gasteiger partial charge is 0.209 e. The molecule has 0 bridgehead atoms. The van der Waals surface area contributed by atoms with Crippen molar-refractivity contribution in [3.8, 4) is 0 Å². The van der Waals surface area contributed by atoms with E-state index in [2.05, 4.69) is 0 Å². The summed E-state index contributed by atoms with van der Waals surface area (Å²) in [4.78, 5) is 11.3. The van der Waals surface area contributed by atoms with Gasteiger partial charge in [-0.3, -0.25) is 4.79 Å². The summed E-state index contributed by atoms with van der Waals surface area (Å²) in [7, 11) is -3.73. The highest BCUT2D eigenvalue weighted by Gasteiger charge is 2.31. The fourth-order valence-corrected chi connectivity index (χ4v) is 1.65. The third-order valence-electron chi connectivity index (χ3n) is 1.73. The Morgan fingerprint density at radius 3 is 2.06 bits per heavy atom. The van der Waals surface area contributed by atoms with Crippen molar-refractivity contribution in [2.24, 2.45) is 0 Å². The Morgan fingerprint density at radius 1 is 1.25 bits per heavy atom. The summed E-state index contributed by atoms with van der Waals surface area (Å²) in [5.41, 5.74) is 0. The highest BCUT2D eigenvalue weighted by atomic mass is 32.2. The fourth-order valence-electron chi connectivity index (χ4n) is 0.939. The van der Waals surface area contributed by atoms with Crippen LogP contribution in [0.5, 0.6) is 0 Å². The van der Waals surface area contributed by atoms with E-state index in [-0.39, 0.29) is 0 Å². The monoisotopic (exact) mass is 257 g/mol. The number of hydrogen-bond acceptors (Lipinski definition) is 7. The van der Waals surface area contributed by atoms with Crippen LogP contribution in [0.3, 0.4) is 0 Å². The minimum atomic E-state index is -3.73. The first-order chi connectivity index (χ1) is 7.22. The average molecular weight is 257 g/mol. The maximum Gasteiger partial charge on any atom is 0.209 e. The zero-order valence-corrected chi connectivity index (χ0v) is 9.38. The number of carbonyl (C=O) groups is 1. The molecule has 0 saturated carbocycles. The molecule has 0 fully saturated rings. The van der Waals surface area contributed by atoms with Crippen LogP contribution >= 0.6 is 0 Å². The van der Waals surface area contributed by atoms with Crippen molar-refractivity contribution in [2.45, 2.75) is 18.2 Å². The largest absolute Gasteiger partial charge is 0.394 e. The zero-order valence-electron chi connectivity index (χ0n) is 8.57.